The SMILES string of the molecule is CC(C)CC1C(=O)N(C(CC(C)C)C(=O)O)C(=O)N1Cc1ccccc1. The second-order valence-electron chi connectivity index (χ2n) is 7.73. The minimum absolute atomic E-state index is 0.0587. The Bertz CT molecular complexity index is 657. The van der Waals surface area contributed by atoms with E-state index in [1.54, 1.807) is 0 Å². The summed E-state index contributed by atoms with van der Waals surface area (Å²) in [7, 11) is 0. The lowest BCUT2D eigenvalue weighted by molar-refractivity contribution is -0.147. The van der Waals surface area contributed by atoms with Crippen LogP contribution in [0.2, 0.25) is 0 Å². The Labute approximate surface area is 154 Å². The molecule has 6 heteroatoms. The van der Waals surface area contributed by atoms with Gasteiger partial charge in [0.25, 0.3) is 5.91 Å². The molecule has 1 saturated heterocycles. The van der Waals surface area contributed by atoms with Crippen molar-refractivity contribution in [1.29, 1.82) is 0 Å². The highest BCUT2D eigenvalue weighted by Gasteiger charge is 2.49. The molecule has 1 N–H and O–H groups in total. The standard InChI is InChI=1S/C20H28N2O4/c1-13(2)10-16-18(23)22(17(19(24)25)11-14(3)4)20(26)21(16)12-15-8-6-5-7-9-15/h5-9,13-14,16-17H,10-12H2,1-4H3,(H,24,25). The first-order valence-corrected chi connectivity index (χ1v) is 9.12. The Balaban J connectivity index is 2.34. The Kier molecular flexibility index (Phi) is 6.40. The predicted octanol–water partition coefficient (Wildman–Crippen LogP) is 3.36. The average molecular weight is 360 g/mol. The quantitative estimate of drug-likeness (QED) is 0.721. The molecule has 0 aliphatic carbocycles. The molecule has 6 nitrogen and oxygen atoms in total. The first-order valence-electron chi connectivity index (χ1n) is 9.12. The van der Waals surface area contributed by atoms with Gasteiger partial charge >= 0.3 is 12.0 Å². The number of hydrogen-bond acceptors (Lipinski definition) is 3. The summed E-state index contributed by atoms with van der Waals surface area (Å²) >= 11 is 0. The van der Waals surface area contributed by atoms with Crippen molar-refractivity contribution in [2.75, 3.05) is 0 Å². The van der Waals surface area contributed by atoms with Crippen molar-refractivity contribution < 1.29 is 19.5 Å². The van der Waals surface area contributed by atoms with Gasteiger partial charge in [-0.1, -0.05) is 58.0 Å². The lowest BCUT2D eigenvalue weighted by atomic mass is 10.0. The number of imide groups is 1. The highest BCUT2D eigenvalue weighted by Crippen LogP contribution is 2.29. The van der Waals surface area contributed by atoms with Gasteiger partial charge in [-0.25, -0.2) is 14.5 Å². The van der Waals surface area contributed by atoms with Gasteiger partial charge in [0.05, 0.1) is 0 Å². The number of benzene rings is 1. The van der Waals surface area contributed by atoms with Crippen LogP contribution >= 0.6 is 0 Å². The summed E-state index contributed by atoms with van der Waals surface area (Å²) in [6.45, 7) is 8.05. The van der Waals surface area contributed by atoms with E-state index >= 15 is 0 Å². The molecule has 2 atom stereocenters. The third-order valence-electron chi connectivity index (χ3n) is 4.53. The van der Waals surface area contributed by atoms with Crippen molar-refractivity contribution in [3.63, 3.8) is 0 Å². The van der Waals surface area contributed by atoms with E-state index in [2.05, 4.69) is 0 Å². The summed E-state index contributed by atoms with van der Waals surface area (Å²) < 4.78 is 0. The molecule has 0 aromatic heterocycles. The molecule has 1 fully saturated rings. The van der Waals surface area contributed by atoms with Crippen molar-refractivity contribution in [2.24, 2.45) is 11.8 Å². The first kappa shape index (κ1) is 19.9. The maximum Gasteiger partial charge on any atom is 0.328 e. The van der Waals surface area contributed by atoms with Crippen LogP contribution in [-0.4, -0.2) is 44.9 Å². The normalized spacial score (nSPS) is 18.9. The smallest absolute Gasteiger partial charge is 0.328 e. The number of carbonyl (C=O) groups excluding carboxylic acids is 2. The van der Waals surface area contributed by atoms with E-state index in [1.165, 1.54) is 4.90 Å². The Morgan fingerprint density at radius 2 is 1.69 bits per heavy atom. The summed E-state index contributed by atoms with van der Waals surface area (Å²) in [5.74, 6) is -1.26. The highest BCUT2D eigenvalue weighted by atomic mass is 16.4. The number of aliphatic carboxylic acids is 1. The summed E-state index contributed by atoms with van der Waals surface area (Å²) in [6.07, 6.45) is 0.766. The summed E-state index contributed by atoms with van der Waals surface area (Å²) in [6, 6.07) is 7.21. The van der Waals surface area contributed by atoms with Crippen molar-refractivity contribution in [3.8, 4) is 0 Å². The lowest BCUT2D eigenvalue weighted by Crippen LogP contribution is -2.46. The number of hydrogen-bond donors (Lipinski definition) is 1. The minimum atomic E-state index is -1.13. The third kappa shape index (κ3) is 4.42. The summed E-state index contributed by atoms with van der Waals surface area (Å²) in [5, 5.41) is 9.60. The highest BCUT2D eigenvalue weighted by molar-refractivity contribution is 6.06. The van der Waals surface area contributed by atoms with E-state index < -0.39 is 30.0 Å². The van der Waals surface area contributed by atoms with Crippen LogP contribution in [0.5, 0.6) is 0 Å². The molecule has 26 heavy (non-hydrogen) atoms. The fourth-order valence-electron chi connectivity index (χ4n) is 3.34. The van der Waals surface area contributed by atoms with Crippen LogP contribution in [0.1, 0.15) is 46.1 Å². The van der Waals surface area contributed by atoms with Crippen molar-refractivity contribution in [1.82, 2.24) is 9.80 Å². The molecule has 3 amide bonds. The predicted molar refractivity (Wildman–Crippen MR) is 98.3 cm³/mol. The molecule has 0 bridgehead atoms. The van der Waals surface area contributed by atoms with E-state index in [-0.39, 0.29) is 18.3 Å². The Morgan fingerprint density at radius 3 is 2.19 bits per heavy atom. The molecule has 0 radical (unpaired) electrons. The van der Waals surface area contributed by atoms with Gasteiger partial charge in [0.2, 0.25) is 0 Å². The molecule has 1 heterocycles. The molecule has 0 spiro atoms. The van der Waals surface area contributed by atoms with Gasteiger partial charge in [-0.3, -0.25) is 4.79 Å². The Morgan fingerprint density at radius 1 is 1.08 bits per heavy atom. The van der Waals surface area contributed by atoms with E-state index in [0.717, 1.165) is 10.5 Å². The second-order valence-corrected chi connectivity index (χ2v) is 7.73. The van der Waals surface area contributed by atoms with Crippen molar-refractivity contribution in [3.05, 3.63) is 35.9 Å². The maximum atomic E-state index is 13.0. The molecule has 1 aromatic rings. The fraction of sp³-hybridized carbons (Fsp3) is 0.550. The van der Waals surface area contributed by atoms with E-state index in [0.29, 0.717) is 13.0 Å². The zero-order chi connectivity index (χ0) is 19.4. The topological polar surface area (TPSA) is 77.9 Å². The van der Waals surface area contributed by atoms with Crippen molar-refractivity contribution >= 4 is 17.9 Å². The van der Waals surface area contributed by atoms with E-state index in [9.17, 15) is 19.5 Å². The first-order chi connectivity index (χ1) is 12.2. The minimum Gasteiger partial charge on any atom is -0.480 e. The van der Waals surface area contributed by atoms with Gasteiger partial charge in [0.15, 0.2) is 0 Å². The van der Waals surface area contributed by atoms with Crippen molar-refractivity contribution in [2.45, 2.75) is 59.2 Å². The van der Waals surface area contributed by atoms with E-state index in [1.807, 2.05) is 58.0 Å². The van der Waals surface area contributed by atoms with Gasteiger partial charge in [0.1, 0.15) is 12.1 Å². The van der Waals surface area contributed by atoms with Crippen LogP contribution in [0.4, 0.5) is 4.79 Å². The molecule has 2 rings (SSSR count). The maximum absolute atomic E-state index is 13.0. The number of carboxylic acids is 1. The Hall–Kier alpha value is -2.37. The fourth-order valence-corrected chi connectivity index (χ4v) is 3.34. The van der Waals surface area contributed by atoms with Crippen LogP contribution in [0.3, 0.4) is 0 Å². The number of urea groups is 1. The number of amides is 3. The second kappa shape index (κ2) is 8.34. The van der Waals surface area contributed by atoms with Gasteiger partial charge in [-0.2, -0.15) is 0 Å². The van der Waals surface area contributed by atoms with Gasteiger partial charge in [-0.05, 0) is 30.2 Å². The monoisotopic (exact) mass is 360 g/mol. The van der Waals surface area contributed by atoms with Crippen LogP contribution in [0.15, 0.2) is 30.3 Å². The molecule has 1 aliphatic heterocycles. The molecular formula is C20H28N2O4. The molecule has 142 valence electrons. The number of nitrogens with zero attached hydrogens (tertiary/aromatic N) is 2. The largest absolute Gasteiger partial charge is 0.480 e. The zero-order valence-electron chi connectivity index (χ0n) is 15.9. The third-order valence-corrected chi connectivity index (χ3v) is 4.53. The lowest BCUT2D eigenvalue weighted by Gasteiger charge is -2.24. The molecule has 1 aliphatic rings. The zero-order valence-corrected chi connectivity index (χ0v) is 15.9. The van der Waals surface area contributed by atoms with Crippen LogP contribution in [-0.2, 0) is 16.1 Å². The molecule has 1 aromatic carbocycles. The average Bonchev–Trinajstić information content (AvgIpc) is 2.77. The van der Waals surface area contributed by atoms with Crippen LogP contribution in [0, 0.1) is 11.8 Å². The molecular weight excluding hydrogens is 332 g/mol. The van der Waals surface area contributed by atoms with Gasteiger partial charge in [0, 0.05) is 6.54 Å². The number of rotatable bonds is 8. The van der Waals surface area contributed by atoms with E-state index in [4.69, 9.17) is 0 Å². The van der Waals surface area contributed by atoms with Crippen LogP contribution in [0.25, 0.3) is 0 Å². The summed E-state index contributed by atoms with van der Waals surface area (Å²) in [5.41, 5.74) is 0.917. The summed E-state index contributed by atoms with van der Waals surface area (Å²) in [4.78, 5) is 40.2. The van der Waals surface area contributed by atoms with Gasteiger partial charge < -0.3 is 10.0 Å². The number of carboxylic acid groups (broad SMARTS) is 1. The van der Waals surface area contributed by atoms with Gasteiger partial charge in [-0.15, -0.1) is 0 Å². The molecule has 2 unspecified atom stereocenters. The molecule has 0 saturated carbocycles. The van der Waals surface area contributed by atoms with Crippen LogP contribution < -0.4 is 0 Å². The number of carbonyl (C=O) groups is 3.